The predicted octanol–water partition coefficient (Wildman–Crippen LogP) is 3.19. The van der Waals surface area contributed by atoms with E-state index in [1.54, 1.807) is 26.4 Å². The Bertz CT molecular complexity index is 1280. The van der Waals surface area contributed by atoms with E-state index >= 15 is 4.39 Å². The Kier molecular flexibility index (Phi) is 4.32. The highest BCUT2D eigenvalue weighted by Gasteiger charge is 2.56. The summed E-state index contributed by atoms with van der Waals surface area (Å²) < 4.78 is 35.5. The number of nitrogens with one attached hydrogen (secondary N) is 1. The smallest absolute Gasteiger partial charge is 0.324 e. The van der Waals surface area contributed by atoms with Crippen molar-refractivity contribution in [2.24, 2.45) is 11.1 Å². The molecule has 170 valence electrons. The van der Waals surface area contributed by atoms with Crippen molar-refractivity contribution in [3.8, 4) is 22.9 Å². The molecule has 2 aliphatic carbocycles. The molecular weight excluding hydrogens is 428 g/mol. The van der Waals surface area contributed by atoms with Gasteiger partial charge in [0, 0.05) is 60.9 Å². The number of nitrogens with two attached hydrogens (primary N) is 1. The second-order valence-electron chi connectivity index (χ2n) is 9.06. The molecule has 33 heavy (non-hydrogen) atoms. The number of ether oxygens (including phenoxy) is 1. The molecule has 10 heteroatoms. The molecule has 1 aromatic carbocycles. The molecule has 1 spiro atoms. The van der Waals surface area contributed by atoms with Gasteiger partial charge in [-0.2, -0.15) is 9.97 Å². The summed E-state index contributed by atoms with van der Waals surface area (Å²) in [6, 6.07) is 1.47. The van der Waals surface area contributed by atoms with Crippen LogP contribution in [0.15, 0.2) is 18.5 Å². The summed E-state index contributed by atoms with van der Waals surface area (Å²) in [4.78, 5) is 19.6. The second-order valence-corrected chi connectivity index (χ2v) is 9.06. The average molecular weight is 451 g/mol. The second kappa shape index (κ2) is 7.05. The van der Waals surface area contributed by atoms with Crippen molar-refractivity contribution in [3.63, 3.8) is 0 Å². The minimum absolute atomic E-state index is 0.0711. The summed E-state index contributed by atoms with van der Waals surface area (Å²) in [6.45, 7) is 3.23. The minimum Gasteiger partial charge on any atom is -0.421 e. The fraction of sp³-hybridized carbons (Fsp3) is 0.391. The van der Waals surface area contributed by atoms with Crippen LogP contribution in [-0.2, 0) is 6.42 Å². The van der Waals surface area contributed by atoms with Gasteiger partial charge in [0.15, 0.2) is 17.4 Å². The van der Waals surface area contributed by atoms with Crippen LogP contribution in [0.5, 0.6) is 11.8 Å². The number of nitrogens with zero attached hydrogens (tertiary/aromatic N) is 5. The van der Waals surface area contributed by atoms with Crippen LogP contribution in [0, 0.1) is 24.0 Å². The molecule has 1 unspecified atom stereocenters. The highest BCUT2D eigenvalue weighted by molar-refractivity contribution is 5.88. The van der Waals surface area contributed by atoms with E-state index in [2.05, 4.69) is 30.2 Å². The van der Waals surface area contributed by atoms with Gasteiger partial charge in [-0.3, -0.25) is 0 Å². The standard InChI is InChI=1S/C23H23F2N7O/c1-11-28-8-12(9-29-11)33-22-30-16-5-13-15(27-2)6-14(24)20(25)18(13)19(16)21(31-22)32-4-3-23(10-32)7-17(23)26/h6,8-9,17,27H,3-5,7,10,26H2,1-2H3/t17-,23?/m1/s1. The quantitative estimate of drug-likeness (QED) is 0.488. The Morgan fingerprint density at radius 2 is 1.97 bits per heavy atom. The van der Waals surface area contributed by atoms with Gasteiger partial charge in [-0.15, -0.1) is 0 Å². The van der Waals surface area contributed by atoms with E-state index in [1.165, 1.54) is 6.07 Å². The van der Waals surface area contributed by atoms with Gasteiger partial charge in [0.2, 0.25) is 0 Å². The van der Waals surface area contributed by atoms with Crippen molar-refractivity contribution in [1.29, 1.82) is 0 Å². The van der Waals surface area contributed by atoms with E-state index in [-0.39, 0.29) is 23.0 Å². The summed E-state index contributed by atoms with van der Waals surface area (Å²) >= 11 is 0. The maximum atomic E-state index is 15.1. The SMILES string of the molecule is CNc1cc(F)c(F)c2c1Cc1nc(Oc3cnc(C)nc3)nc(N3CCC4(C[C@H]4N)C3)c1-2. The topological polar surface area (TPSA) is 102 Å². The van der Waals surface area contributed by atoms with E-state index < -0.39 is 11.6 Å². The van der Waals surface area contributed by atoms with Gasteiger partial charge < -0.3 is 20.7 Å². The molecule has 3 aliphatic rings. The molecule has 3 heterocycles. The van der Waals surface area contributed by atoms with Crippen LogP contribution in [0.25, 0.3) is 11.1 Å². The highest BCUT2D eigenvalue weighted by atomic mass is 19.2. The van der Waals surface area contributed by atoms with Crippen molar-refractivity contribution >= 4 is 11.5 Å². The molecule has 3 aromatic rings. The third-order valence-electron chi connectivity index (χ3n) is 7.04. The minimum atomic E-state index is -0.906. The zero-order valence-corrected chi connectivity index (χ0v) is 18.3. The van der Waals surface area contributed by atoms with Crippen molar-refractivity contribution in [1.82, 2.24) is 19.9 Å². The maximum absolute atomic E-state index is 15.1. The van der Waals surface area contributed by atoms with Gasteiger partial charge in [-0.05, 0) is 25.3 Å². The zero-order valence-electron chi connectivity index (χ0n) is 18.3. The number of benzene rings is 1. The van der Waals surface area contributed by atoms with Crippen molar-refractivity contribution in [2.75, 3.05) is 30.4 Å². The molecule has 8 nitrogen and oxygen atoms in total. The number of rotatable bonds is 4. The van der Waals surface area contributed by atoms with Gasteiger partial charge in [-0.25, -0.2) is 18.7 Å². The Morgan fingerprint density at radius 1 is 1.21 bits per heavy atom. The Balaban J connectivity index is 1.49. The molecule has 1 aliphatic heterocycles. The van der Waals surface area contributed by atoms with Crippen LogP contribution in [0.2, 0.25) is 0 Å². The first-order valence-corrected chi connectivity index (χ1v) is 11.0. The Labute approximate surface area is 189 Å². The van der Waals surface area contributed by atoms with Crippen LogP contribution >= 0.6 is 0 Å². The van der Waals surface area contributed by atoms with E-state index in [9.17, 15) is 4.39 Å². The first-order valence-electron chi connectivity index (χ1n) is 11.0. The molecular formula is C23H23F2N7O. The number of anilines is 2. The lowest BCUT2D eigenvalue weighted by Gasteiger charge is -2.22. The fourth-order valence-electron chi connectivity index (χ4n) is 5.09. The molecule has 6 rings (SSSR count). The van der Waals surface area contributed by atoms with Crippen molar-refractivity contribution in [3.05, 3.63) is 47.2 Å². The summed E-state index contributed by atoms with van der Waals surface area (Å²) in [5.74, 6) is -0.225. The fourth-order valence-corrected chi connectivity index (χ4v) is 5.09. The van der Waals surface area contributed by atoms with Crippen LogP contribution in [0.3, 0.4) is 0 Å². The lowest BCUT2D eigenvalue weighted by molar-refractivity contribution is 0.435. The van der Waals surface area contributed by atoms with Crippen LogP contribution < -0.4 is 20.7 Å². The predicted molar refractivity (Wildman–Crippen MR) is 118 cm³/mol. The zero-order chi connectivity index (χ0) is 22.9. The maximum Gasteiger partial charge on any atom is 0.324 e. The summed E-state index contributed by atoms with van der Waals surface area (Å²) in [5.41, 5.74) is 8.81. The molecule has 0 amide bonds. The largest absolute Gasteiger partial charge is 0.421 e. The number of hydrogen-bond acceptors (Lipinski definition) is 8. The summed E-state index contributed by atoms with van der Waals surface area (Å²) in [6.07, 6.45) is 5.34. The number of aromatic nitrogens is 4. The summed E-state index contributed by atoms with van der Waals surface area (Å²) in [5, 5.41) is 2.98. The molecule has 0 bridgehead atoms. The average Bonchev–Trinajstić information content (AvgIpc) is 3.13. The van der Waals surface area contributed by atoms with Crippen molar-refractivity contribution in [2.45, 2.75) is 32.2 Å². The van der Waals surface area contributed by atoms with E-state index in [0.717, 1.165) is 25.9 Å². The van der Waals surface area contributed by atoms with Crippen molar-refractivity contribution < 1.29 is 13.5 Å². The molecule has 2 fully saturated rings. The van der Waals surface area contributed by atoms with E-state index in [0.29, 0.717) is 46.3 Å². The molecule has 2 atom stereocenters. The number of aryl methyl sites for hydroxylation is 1. The van der Waals surface area contributed by atoms with E-state index in [4.69, 9.17) is 10.5 Å². The van der Waals surface area contributed by atoms with Gasteiger partial charge in [0.25, 0.3) is 0 Å². The number of hydrogen-bond donors (Lipinski definition) is 2. The third kappa shape index (κ3) is 3.12. The molecule has 1 saturated carbocycles. The lowest BCUT2D eigenvalue weighted by Crippen LogP contribution is -2.25. The first-order chi connectivity index (χ1) is 15.9. The molecule has 0 radical (unpaired) electrons. The van der Waals surface area contributed by atoms with Gasteiger partial charge in [0.1, 0.15) is 11.6 Å². The Hall–Kier alpha value is -3.40. The first kappa shape index (κ1) is 20.2. The third-order valence-corrected chi connectivity index (χ3v) is 7.04. The molecule has 3 N–H and O–H groups in total. The summed E-state index contributed by atoms with van der Waals surface area (Å²) in [7, 11) is 1.69. The molecule has 1 saturated heterocycles. The number of halogens is 2. The number of fused-ring (bicyclic) bond motifs is 3. The van der Waals surface area contributed by atoms with Gasteiger partial charge in [0.05, 0.1) is 18.1 Å². The lowest BCUT2D eigenvalue weighted by atomic mass is 10.0. The highest BCUT2D eigenvalue weighted by Crippen LogP contribution is 2.54. The monoisotopic (exact) mass is 451 g/mol. The molecule has 2 aromatic heterocycles. The Morgan fingerprint density at radius 3 is 2.64 bits per heavy atom. The van der Waals surface area contributed by atoms with Crippen LogP contribution in [0.1, 0.15) is 29.9 Å². The normalized spacial score (nSPS) is 22.5. The van der Waals surface area contributed by atoms with Crippen LogP contribution in [-0.4, -0.2) is 46.1 Å². The van der Waals surface area contributed by atoms with Crippen LogP contribution in [0.4, 0.5) is 20.3 Å². The van der Waals surface area contributed by atoms with Gasteiger partial charge in [-0.1, -0.05) is 0 Å². The van der Waals surface area contributed by atoms with Gasteiger partial charge >= 0.3 is 6.01 Å². The van der Waals surface area contributed by atoms with E-state index in [1.807, 2.05) is 0 Å².